The third-order valence-corrected chi connectivity index (χ3v) is 3.38. The fourth-order valence-electron chi connectivity index (χ4n) is 1.63. The molecule has 19 heavy (non-hydrogen) atoms. The zero-order valence-corrected chi connectivity index (χ0v) is 10.9. The molecule has 0 aliphatic heterocycles. The number of hydrogen-bond acceptors (Lipinski definition) is 4. The van der Waals surface area contributed by atoms with Crippen LogP contribution in [0.3, 0.4) is 0 Å². The molecule has 6 nitrogen and oxygen atoms in total. The van der Waals surface area contributed by atoms with Gasteiger partial charge in [0.05, 0.1) is 6.42 Å². The molecular formula is C12H13N3O3S. The minimum atomic E-state index is -0.603. The molecule has 3 N–H and O–H groups in total. The molecule has 0 spiro atoms. The van der Waals surface area contributed by atoms with Crippen LogP contribution in [0.15, 0.2) is 33.2 Å². The van der Waals surface area contributed by atoms with Crippen LogP contribution >= 0.6 is 11.3 Å². The van der Waals surface area contributed by atoms with Crippen molar-refractivity contribution in [2.45, 2.75) is 12.8 Å². The zero-order valence-electron chi connectivity index (χ0n) is 10.1. The molecule has 7 heteroatoms. The second-order valence-electron chi connectivity index (χ2n) is 3.97. The first-order valence-electron chi connectivity index (χ1n) is 5.75. The van der Waals surface area contributed by atoms with Gasteiger partial charge in [-0.1, -0.05) is 6.07 Å². The Bertz CT molecular complexity index is 629. The Morgan fingerprint density at radius 1 is 1.32 bits per heavy atom. The summed E-state index contributed by atoms with van der Waals surface area (Å²) in [5.41, 5.74) is -0.804. The van der Waals surface area contributed by atoms with Crippen molar-refractivity contribution < 1.29 is 4.79 Å². The van der Waals surface area contributed by atoms with Crippen molar-refractivity contribution in [1.29, 1.82) is 0 Å². The van der Waals surface area contributed by atoms with E-state index in [1.54, 1.807) is 11.3 Å². The summed E-state index contributed by atoms with van der Waals surface area (Å²) < 4.78 is 0. The van der Waals surface area contributed by atoms with Crippen molar-refractivity contribution >= 4 is 17.2 Å². The minimum absolute atomic E-state index is 0.0103. The Kier molecular flexibility index (Phi) is 4.30. The highest BCUT2D eigenvalue weighted by Gasteiger charge is 2.05. The van der Waals surface area contributed by atoms with Crippen molar-refractivity contribution in [2.24, 2.45) is 0 Å². The third kappa shape index (κ3) is 4.22. The topological polar surface area (TPSA) is 94.8 Å². The average molecular weight is 279 g/mol. The van der Waals surface area contributed by atoms with Gasteiger partial charge in [-0.15, -0.1) is 11.3 Å². The van der Waals surface area contributed by atoms with E-state index in [0.717, 1.165) is 6.42 Å². The standard InChI is InChI=1S/C12H13N3O3S/c16-10(13-4-3-9-2-1-5-19-9)6-8-7-11(17)15-12(18)14-8/h1-2,5,7H,3-4,6H2,(H,13,16)(H2,14,15,17,18). The number of aromatic amines is 2. The SMILES string of the molecule is O=C(Cc1cc(=O)[nH]c(=O)[nH]1)NCCc1cccs1. The maximum atomic E-state index is 11.6. The predicted molar refractivity (Wildman–Crippen MR) is 72.4 cm³/mol. The van der Waals surface area contributed by atoms with E-state index >= 15 is 0 Å². The lowest BCUT2D eigenvalue weighted by Crippen LogP contribution is -2.30. The molecule has 100 valence electrons. The van der Waals surface area contributed by atoms with E-state index in [1.165, 1.54) is 10.9 Å². The van der Waals surface area contributed by atoms with Crippen LogP contribution in [0.2, 0.25) is 0 Å². The minimum Gasteiger partial charge on any atom is -0.355 e. The lowest BCUT2D eigenvalue weighted by Gasteiger charge is -2.03. The highest BCUT2D eigenvalue weighted by molar-refractivity contribution is 7.09. The first-order valence-corrected chi connectivity index (χ1v) is 6.63. The summed E-state index contributed by atoms with van der Waals surface area (Å²) in [4.78, 5) is 39.4. The smallest absolute Gasteiger partial charge is 0.325 e. The fourth-order valence-corrected chi connectivity index (χ4v) is 2.34. The zero-order chi connectivity index (χ0) is 13.7. The van der Waals surface area contributed by atoms with Gasteiger partial charge in [-0.2, -0.15) is 0 Å². The van der Waals surface area contributed by atoms with Gasteiger partial charge < -0.3 is 10.3 Å². The molecule has 0 saturated carbocycles. The second-order valence-corrected chi connectivity index (χ2v) is 5.00. The van der Waals surface area contributed by atoms with Gasteiger partial charge in [0.25, 0.3) is 5.56 Å². The lowest BCUT2D eigenvalue weighted by molar-refractivity contribution is -0.120. The summed E-state index contributed by atoms with van der Waals surface area (Å²) in [6, 6.07) is 5.17. The van der Waals surface area contributed by atoms with Crippen LogP contribution in [0.4, 0.5) is 0 Å². The summed E-state index contributed by atoms with van der Waals surface area (Å²) in [6.07, 6.45) is 0.763. The van der Waals surface area contributed by atoms with Crippen LogP contribution < -0.4 is 16.6 Å². The summed E-state index contributed by atoms with van der Waals surface area (Å²) >= 11 is 1.64. The van der Waals surface area contributed by atoms with Crippen LogP contribution in [-0.2, 0) is 17.6 Å². The van der Waals surface area contributed by atoms with Gasteiger partial charge in [-0.25, -0.2) is 4.79 Å². The maximum absolute atomic E-state index is 11.6. The largest absolute Gasteiger partial charge is 0.355 e. The molecule has 0 bridgehead atoms. The van der Waals surface area contributed by atoms with Crippen molar-refractivity contribution in [3.05, 3.63) is 55.0 Å². The molecule has 0 aliphatic rings. The Morgan fingerprint density at radius 2 is 2.16 bits per heavy atom. The third-order valence-electron chi connectivity index (χ3n) is 2.44. The first kappa shape index (κ1) is 13.3. The molecule has 0 unspecified atom stereocenters. The summed E-state index contributed by atoms with van der Waals surface area (Å²) in [5.74, 6) is -0.224. The van der Waals surface area contributed by atoms with Crippen molar-refractivity contribution in [3.8, 4) is 0 Å². The molecule has 2 aromatic rings. The molecular weight excluding hydrogens is 266 g/mol. The van der Waals surface area contributed by atoms with Crippen molar-refractivity contribution in [3.63, 3.8) is 0 Å². The van der Waals surface area contributed by atoms with Gasteiger partial charge in [0.2, 0.25) is 5.91 Å². The Labute approximate surface area is 112 Å². The lowest BCUT2D eigenvalue weighted by atomic mass is 10.2. The Hall–Kier alpha value is -2.15. The number of H-pyrrole nitrogens is 2. The van der Waals surface area contributed by atoms with Crippen LogP contribution in [0.25, 0.3) is 0 Å². The van der Waals surface area contributed by atoms with Gasteiger partial charge in [0, 0.05) is 23.2 Å². The number of rotatable bonds is 5. The predicted octanol–water partition coefficient (Wildman–Crippen LogP) is 0.0261. The summed E-state index contributed by atoms with van der Waals surface area (Å²) in [7, 11) is 0. The number of carbonyl (C=O) groups is 1. The number of hydrogen-bond donors (Lipinski definition) is 3. The highest BCUT2D eigenvalue weighted by Crippen LogP contribution is 2.07. The molecule has 0 radical (unpaired) electrons. The van der Waals surface area contributed by atoms with Crippen LogP contribution in [0.1, 0.15) is 10.6 Å². The van der Waals surface area contributed by atoms with E-state index in [2.05, 4.69) is 10.3 Å². The number of amides is 1. The van der Waals surface area contributed by atoms with Gasteiger partial charge in [0.1, 0.15) is 0 Å². The fraction of sp³-hybridized carbons (Fsp3) is 0.250. The van der Waals surface area contributed by atoms with E-state index in [4.69, 9.17) is 0 Å². The molecule has 2 heterocycles. The van der Waals surface area contributed by atoms with Crippen LogP contribution in [-0.4, -0.2) is 22.4 Å². The van der Waals surface area contributed by atoms with E-state index in [9.17, 15) is 14.4 Å². The molecule has 0 atom stereocenters. The summed E-state index contributed by atoms with van der Waals surface area (Å²) in [6.45, 7) is 0.534. The van der Waals surface area contributed by atoms with Crippen LogP contribution in [0, 0.1) is 0 Å². The quantitative estimate of drug-likeness (QED) is 0.720. The van der Waals surface area contributed by atoms with E-state index in [1.807, 2.05) is 22.5 Å². The number of thiophene rings is 1. The van der Waals surface area contributed by atoms with E-state index < -0.39 is 11.2 Å². The van der Waals surface area contributed by atoms with Crippen molar-refractivity contribution in [2.75, 3.05) is 6.54 Å². The first-order chi connectivity index (χ1) is 9.13. The molecule has 2 aromatic heterocycles. The average Bonchev–Trinajstić information content (AvgIpc) is 2.80. The van der Waals surface area contributed by atoms with Gasteiger partial charge in [0.15, 0.2) is 0 Å². The number of nitrogens with one attached hydrogen (secondary N) is 3. The van der Waals surface area contributed by atoms with Crippen LogP contribution in [0.5, 0.6) is 0 Å². The van der Waals surface area contributed by atoms with Crippen molar-refractivity contribution in [1.82, 2.24) is 15.3 Å². The van der Waals surface area contributed by atoms with E-state index in [-0.39, 0.29) is 12.3 Å². The molecule has 0 fully saturated rings. The molecule has 0 aliphatic carbocycles. The second kappa shape index (κ2) is 6.14. The monoisotopic (exact) mass is 279 g/mol. The number of carbonyl (C=O) groups excluding carboxylic acids is 1. The molecule has 0 saturated heterocycles. The number of aromatic nitrogens is 2. The van der Waals surface area contributed by atoms with Gasteiger partial charge in [-0.05, 0) is 17.9 Å². The highest BCUT2D eigenvalue weighted by atomic mass is 32.1. The van der Waals surface area contributed by atoms with Gasteiger partial charge in [-0.3, -0.25) is 14.6 Å². The molecule has 0 aromatic carbocycles. The maximum Gasteiger partial charge on any atom is 0.325 e. The van der Waals surface area contributed by atoms with Gasteiger partial charge >= 0.3 is 5.69 Å². The normalized spacial score (nSPS) is 10.3. The molecule has 2 rings (SSSR count). The van der Waals surface area contributed by atoms with E-state index in [0.29, 0.717) is 12.2 Å². The Morgan fingerprint density at radius 3 is 2.84 bits per heavy atom. The molecule has 1 amide bonds. The summed E-state index contributed by atoms with van der Waals surface area (Å²) in [5, 5.41) is 4.73. The Balaban J connectivity index is 1.84.